The van der Waals surface area contributed by atoms with Crippen LogP contribution in [0.15, 0.2) is 6.07 Å². The molecule has 0 fully saturated rings. The van der Waals surface area contributed by atoms with E-state index in [1.807, 2.05) is 13.8 Å². The SMILES string of the molecule is CC(C)(CCl)c1nc(Cl)cc(Cl)n1. The first-order valence-corrected chi connectivity index (χ1v) is 5.01. The highest BCUT2D eigenvalue weighted by Crippen LogP contribution is 2.24. The predicted molar refractivity (Wildman–Crippen MR) is 55.8 cm³/mol. The topological polar surface area (TPSA) is 25.8 Å². The second-order valence-corrected chi connectivity index (χ2v) is 4.40. The van der Waals surface area contributed by atoms with E-state index in [-0.39, 0.29) is 5.41 Å². The highest BCUT2D eigenvalue weighted by molar-refractivity contribution is 6.33. The van der Waals surface area contributed by atoms with Gasteiger partial charge in [0.05, 0.1) is 0 Å². The number of hydrogen-bond acceptors (Lipinski definition) is 2. The number of halogens is 3. The van der Waals surface area contributed by atoms with Crippen molar-refractivity contribution in [1.82, 2.24) is 9.97 Å². The molecule has 1 heterocycles. The Morgan fingerprint density at radius 2 is 1.69 bits per heavy atom. The number of hydrogen-bond donors (Lipinski definition) is 0. The minimum Gasteiger partial charge on any atom is -0.220 e. The summed E-state index contributed by atoms with van der Waals surface area (Å²) in [5.74, 6) is 0.990. The molecule has 5 heteroatoms. The lowest BCUT2D eigenvalue weighted by molar-refractivity contribution is 0.552. The second kappa shape index (κ2) is 3.99. The van der Waals surface area contributed by atoms with E-state index >= 15 is 0 Å². The third kappa shape index (κ3) is 2.70. The summed E-state index contributed by atoms with van der Waals surface area (Å²) >= 11 is 17.2. The van der Waals surface area contributed by atoms with Gasteiger partial charge in [-0.2, -0.15) is 0 Å². The van der Waals surface area contributed by atoms with E-state index in [9.17, 15) is 0 Å². The van der Waals surface area contributed by atoms with Gasteiger partial charge in [0.2, 0.25) is 0 Å². The van der Waals surface area contributed by atoms with Gasteiger partial charge in [-0.05, 0) is 0 Å². The molecule has 0 aliphatic heterocycles. The van der Waals surface area contributed by atoms with Crippen LogP contribution in [0.5, 0.6) is 0 Å². The summed E-state index contributed by atoms with van der Waals surface area (Å²) in [6, 6.07) is 1.50. The molecule has 1 rings (SSSR count). The van der Waals surface area contributed by atoms with Crippen LogP contribution in [-0.2, 0) is 5.41 Å². The zero-order valence-electron chi connectivity index (χ0n) is 7.31. The first-order chi connectivity index (χ1) is 5.95. The van der Waals surface area contributed by atoms with Crippen LogP contribution in [0.4, 0.5) is 0 Å². The van der Waals surface area contributed by atoms with Crippen LogP contribution in [0.25, 0.3) is 0 Å². The lowest BCUT2D eigenvalue weighted by Gasteiger charge is -2.19. The molecule has 0 spiro atoms. The van der Waals surface area contributed by atoms with Gasteiger partial charge in [-0.1, -0.05) is 37.0 Å². The van der Waals surface area contributed by atoms with Crippen LogP contribution in [-0.4, -0.2) is 15.8 Å². The Labute approximate surface area is 92.2 Å². The van der Waals surface area contributed by atoms with Crippen molar-refractivity contribution in [1.29, 1.82) is 0 Å². The van der Waals surface area contributed by atoms with Gasteiger partial charge in [0, 0.05) is 17.4 Å². The van der Waals surface area contributed by atoms with E-state index < -0.39 is 0 Å². The van der Waals surface area contributed by atoms with Gasteiger partial charge in [-0.3, -0.25) is 0 Å². The summed E-state index contributed by atoms with van der Waals surface area (Å²) < 4.78 is 0. The molecular weight excluding hydrogens is 230 g/mol. The molecular formula is C8H9Cl3N2. The molecule has 1 aromatic heterocycles. The summed E-state index contributed by atoms with van der Waals surface area (Å²) in [6.45, 7) is 3.87. The van der Waals surface area contributed by atoms with E-state index in [0.717, 1.165) is 0 Å². The summed E-state index contributed by atoms with van der Waals surface area (Å²) in [4.78, 5) is 8.12. The monoisotopic (exact) mass is 238 g/mol. The maximum atomic E-state index is 5.77. The first-order valence-electron chi connectivity index (χ1n) is 3.72. The minimum absolute atomic E-state index is 0.309. The third-order valence-electron chi connectivity index (χ3n) is 1.60. The zero-order chi connectivity index (χ0) is 10.1. The van der Waals surface area contributed by atoms with Gasteiger partial charge in [-0.15, -0.1) is 11.6 Å². The predicted octanol–water partition coefficient (Wildman–Crippen LogP) is 3.30. The average Bonchev–Trinajstić information content (AvgIpc) is 2.02. The van der Waals surface area contributed by atoms with E-state index in [4.69, 9.17) is 34.8 Å². The van der Waals surface area contributed by atoms with Crippen molar-refractivity contribution in [2.45, 2.75) is 19.3 Å². The highest BCUT2D eigenvalue weighted by Gasteiger charge is 2.23. The highest BCUT2D eigenvalue weighted by atomic mass is 35.5. The van der Waals surface area contributed by atoms with Gasteiger partial charge in [0.15, 0.2) is 0 Å². The molecule has 0 aliphatic rings. The van der Waals surface area contributed by atoms with Crippen molar-refractivity contribution in [3.05, 3.63) is 22.2 Å². The summed E-state index contributed by atoms with van der Waals surface area (Å²) in [6.07, 6.45) is 0. The van der Waals surface area contributed by atoms with Crippen LogP contribution in [0.1, 0.15) is 19.7 Å². The Kier molecular flexibility index (Phi) is 3.38. The second-order valence-electron chi connectivity index (χ2n) is 3.35. The maximum Gasteiger partial charge on any atom is 0.138 e. The van der Waals surface area contributed by atoms with Gasteiger partial charge in [-0.25, -0.2) is 9.97 Å². The third-order valence-corrected chi connectivity index (χ3v) is 2.66. The average molecular weight is 240 g/mol. The molecule has 72 valence electrons. The van der Waals surface area contributed by atoms with Gasteiger partial charge < -0.3 is 0 Å². The molecule has 0 saturated carbocycles. The van der Waals surface area contributed by atoms with Crippen molar-refractivity contribution >= 4 is 34.8 Å². The fourth-order valence-corrected chi connectivity index (χ4v) is 1.29. The smallest absolute Gasteiger partial charge is 0.138 e. The van der Waals surface area contributed by atoms with Crippen LogP contribution in [0.3, 0.4) is 0 Å². The van der Waals surface area contributed by atoms with Crippen molar-refractivity contribution in [2.24, 2.45) is 0 Å². The van der Waals surface area contributed by atoms with Gasteiger partial charge >= 0.3 is 0 Å². The number of nitrogens with zero attached hydrogens (tertiary/aromatic N) is 2. The normalized spacial score (nSPS) is 11.8. The lowest BCUT2D eigenvalue weighted by atomic mass is 9.95. The molecule has 0 amide bonds. The van der Waals surface area contributed by atoms with E-state index in [2.05, 4.69) is 9.97 Å². The summed E-state index contributed by atoms with van der Waals surface area (Å²) in [5.41, 5.74) is -0.309. The quantitative estimate of drug-likeness (QED) is 0.584. The largest absolute Gasteiger partial charge is 0.220 e. The fraction of sp³-hybridized carbons (Fsp3) is 0.500. The van der Waals surface area contributed by atoms with Crippen LogP contribution in [0.2, 0.25) is 10.3 Å². The number of rotatable bonds is 2. The Morgan fingerprint density at radius 3 is 2.08 bits per heavy atom. The van der Waals surface area contributed by atoms with E-state index in [1.165, 1.54) is 6.07 Å². The molecule has 0 aromatic carbocycles. The Bertz CT molecular complexity index is 292. The lowest BCUT2D eigenvalue weighted by Crippen LogP contribution is -2.22. The van der Waals surface area contributed by atoms with Crippen molar-refractivity contribution in [2.75, 3.05) is 5.88 Å². The van der Waals surface area contributed by atoms with Gasteiger partial charge in [0.25, 0.3) is 0 Å². The molecule has 13 heavy (non-hydrogen) atoms. The van der Waals surface area contributed by atoms with E-state index in [0.29, 0.717) is 22.0 Å². The molecule has 0 saturated heterocycles. The Morgan fingerprint density at radius 1 is 1.23 bits per heavy atom. The van der Waals surface area contributed by atoms with Crippen molar-refractivity contribution in [3.63, 3.8) is 0 Å². The summed E-state index contributed by atoms with van der Waals surface area (Å²) in [7, 11) is 0. The Balaban J connectivity index is 3.15. The molecule has 0 radical (unpaired) electrons. The fourth-order valence-electron chi connectivity index (χ4n) is 0.753. The first kappa shape index (κ1) is 11.0. The molecule has 0 unspecified atom stereocenters. The van der Waals surface area contributed by atoms with Crippen LogP contribution < -0.4 is 0 Å². The standard InChI is InChI=1S/C8H9Cl3N2/c1-8(2,4-9)7-12-5(10)3-6(11)13-7/h3H,4H2,1-2H3. The summed E-state index contributed by atoms with van der Waals surface area (Å²) in [5, 5.41) is 0.682. The van der Waals surface area contributed by atoms with Crippen LogP contribution in [0, 0.1) is 0 Å². The molecule has 0 bridgehead atoms. The molecule has 0 atom stereocenters. The van der Waals surface area contributed by atoms with Crippen molar-refractivity contribution < 1.29 is 0 Å². The Hall–Kier alpha value is -0.0500. The molecule has 2 nitrogen and oxygen atoms in total. The maximum absolute atomic E-state index is 5.77. The molecule has 0 N–H and O–H groups in total. The molecule has 0 aliphatic carbocycles. The van der Waals surface area contributed by atoms with Crippen LogP contribution >= 0.6 is 34.8 Å². The molecule has 1 aromatic rings. The van der Waals surface area contributed by atoms with Gasteiger partial charge in [0.1, 0.15) is 16.1 Å². The van der Waals surface area contributed by atoms with Crippen molar-refractivity contribution in [3.8, 4) is 0 Å². The number of alkyl halides is 1. The number of aromatic nitrogens is 2. The van der Waals surface area contributed by atoms with E-state index in [1.54, 1.807) is 0 Å². The zero-order valence-corrected chi connectivity index (χ0v) is 9.58. The minimum atomic E-state index is -0.309.